The van der Waals surface area contributed by atoms with Crippen molar-refractivity contribution >= 4 is 0 Å². The summed E-state index contributed by atoms with van der Waals surface area (Å²) in [7, 11) is 0. The van der Waals surface area contributed by atoms with Crippen molar-refractivity contribution in [2.24, 2.45) is 0 Å². The first-order valence-corrected chi connectivity index (χ1v) is 8.88. The molecule has 0 radical (unpaired) electrons. The highest BCUT2D eigenvalue weighted by Crippen LogP contribution is 2.29. The lowest BCUT2D eigenvalue weighted by atomic mass is 10.1. The highest BCUT2D eigenvalue weighted by Gasteiger charge is 2.38. The molecule has 0 spiro atoms. The molecule has 0 amide bonds. The maximum Gasteiger partial charge on any atom is 0.184 e. The highest BCUT2D eigenvalue weighted by atomic mass is 16.7. The minimum atomic E-state index is -0.319. The number of rotatable bonds is 4. The van der Waals surface area contributed by atoms with Gasteiger partial charge in [0, 0.05) is 13.2 Å². The van der Waals surface area contributed by atoms with Gasteiger partial charge in [-0.15, -0.1) is 0 Å². The second-order valence-electron chi connectivity index (χ2n) is 8.44. The highest BCUT2D eigenvalue weighted by molar-refractivity contribution is 4.78. The minimum absolute atomic E-state index is 0.0688. The van der Waals surface area contributed by atoms with Crippen LogP contribution in [-0.4, -0.2) is 49.2 Å². The average molecular weight is 330 g/mol. The van der Waals surface area contributed by atoms with Crippen LogP contribution in [0.3, 0.4) is 0 Å². The van der Waals surface area contributed by atoms with Gasteiger partial charge in [0.15, 0.2) is 12.6 Å². The molecule has 5 nitrogen and oxygen atoms in total. The summed E-state index contributed by atoms with van der Waals surface area (Å²) >= 11 is 0. The van der Waals surface area contributed by atoms with Crippen LogP contribution in [0, 0.1) is 0 Å². The molecule has 2 heterocycles. The lowest BCUT2D eigenvalue weighted by molar-refractivity contribution is -0.308. The molecule has 4 atom stereocenters. The van der Waals surface area contributed by atoms with Crippen LogP contribution in [0.2, 0.25) is 0 Å². The van der Waals surface area contributed by atoms with Gasteiger partial charge in [0.2, 0.25) is 0 Å². The van der Waals surface area contributed by atoms with Crippen LogP contribution in [0.25, 0.3) is 0 Å². The van der Waals surface area contributed by atoms with Crippen LogP contribution >= 0.6 is 0 Å². The molecule has 0 saturated carbocycles. The Hall–Kier alpha value is -0.200. The van der Waals surface area contributed by atoms with E-state index < -0.39 is 0 Å². The van der Waals surface area contributed by atoms with Crippen LogP contribution in [0.5, 0.6) is 0 Å². The molecule has 136 valence electrons. The van der Waals surface area contributed by atoms with Gasteiger partial charge >= 0.3 is 0 Å². The summed E-state index contributed by atoms with van der Waals surface area (Å²) in [5.41, 5.74) is -0.512. The van der Waals surface area contributed by atoms with E-state index in [0.717, 1.165) is 38.9 Å². The summed E-state index contributed by atoms with van der Waals surface area (Å²) in [6.45, 7) is 13.7. The molecule has 2 rings (SSSR count). The van der Waals surface area contributed by atoms with Crippen molar-refractivity contribution in [1.29, 1.82) is 0 Å². The molecular weight excluding hydrogens is 296 g/mol. The van der Waals surface area contributed by atoms with Crippen LogP contribution in [0.1, 0.15) is 67.2 Å². The Morgan fingerprint density at radius 3 is 1.43 bits per heavy atom. The largest absolute Gasteiger partial charge is 0.364 e. The third-order valence-electron chi connectivity index (χ3n) is 3.73. The second-order valence-corrected chi connectivity index (χ2v) is 8.44. The van der Waals surface area contributed by atoms with Crippen molar-refractivity contribution in [3.63, 3.8) is 0 Å². The lowest BCUT2D eigenvalue weighted by Gasteiger charge is -2.41. The van der Waals surface area contributed by atoms with Gasteiger partial charge in [0.1, 0.15) is 12.2 Å². The van der Waals surface area contributed by atoms with E-state index >= 15 is 0 Å². The molecule has 0 aromatic heterocycles. The molecule has 0 N–H and O–H groups in total. The fourth-order valence-corrected chi connectivity index (χ4v) is 2.86. The SMILES string of the molecule is CC(C)(C)OC1OCCCC1OC1CCCOC1OC(C)(C)C. The summed E-state index contributed by atoms with van der Waals surface area (Å²) < 4.78 is 30.1. The zero-order valence-corrected chi connectivity index (χ0v) is 15.6. The summed E-state index contributed by atoms with van der Waals surface area (Å²) in [4.78, 5) is 0. The first-order valence-electron chi connectivity index (χ1n) is 8.88. The molecule has 0 aliphatic carbocycles. The average Bonchev–Trinajstić information content (AvgIpc) is 2.40. The van der Waals surface area contributed by atoms with Crippen molar-refractivity contribution in [2.45, 2.75) is 103 Å². The molecule has 4 unspecified atom stereocenters. The van der Waals surface area contributed by atoms with Gasteiger partial charge in [-0.2, -0.15) is 0 Å². The Bertz CT molecular complexity index is 323. The smallest absolute Gasteiger partial charge is 0.184 e. The van der Waals surface area contributed by atoms with E-state index in [1.54, 1.807) is 0 Å². The lowest BCUT2D eigenvalue weighted by Crippen LogP contribution is -2.49. The van der Waals surface area contributed by atoms with E-state index in [1.165, 1.54) is 0 Å². The van der Waals surface area contributed by atoms with Gasteiger partial charge in [-0.25, -0.2) is 0 Å². The maximum absolute atomic E-state index is 6.35. The van der Waals surface area contributed by atoms with Gasteiger partial charge in [-0.3, -0.25) is 0 Å². The van der Waals surface area contributed by atoms with Crippen LogP contribution in [-0.2, 0) is 23.7 Å². The van der Waals surface area contributed by atoms with Crippen molar-refractivity contribution in [3.8, 4) is 0 Å². The van der Waals surface area contributed by atoms with Gasteiger partial charge in [-0.1, -0.05) is 0 Å². The zero-order valence-electron chi connectivity index (χ0n) is 15.6. The Labute approximate surface area is 140 Å². The van der Waals surface area contributed by atoms with Crippen molar-refractivity contribution in [2.75, 3.05) is 13.2 Å². The number of ether oxygens (including phenoxy) is 5. The third kappa shape index (κ3) is 6.67. The van der Waals surface area contributed by atoms with Gasteiger partial charge in [0.05, 0.1) is 11.2 Å². The standard InChI is InChI=1S/C18H34O5/c1-17(2,3)22-15-13(9-7-11-19-15)21-14-10-8-12-20-16(14)23-18(4,5)6/h13-16H,7-12H2,1-6H3. The molecule has 5 heteroatoms. The van der Waals surface area contributed by atoms with Crippen molar-refractivity contribution < 1.29 is 23.7 Å². The van der Waals surface area contributed by atoms with Gasteiger partial charge in [0.25, 0.3) is 0 Å². The van der Waals surface area contributed by atoms with Crippen molar-refractivity contribution in [3.05, 3.63) is 0 Å². The first kappa shape index (κ1) is 19.1. The predicted molar refractivity (Wildman–Crippen MR) is 88.3 cm³/mol. The number of hydrogen-bond donors (Lipinski definition) is 0. The van der Waals surface area contributed by atoms with E-state index in [1.807, 2.05) is 41.5 Å². The Kier molecular flexibility index (Phi) is 6.48. The Morgan fingerprint density at radius 2 is 1.09 bits per heavy atom. The topological polar surface area (TPSA) is 46.2 Å². The van der Waals surface area contributed by atoms with E-state index in [0.29, 0.717) is 0 Å². The fraction of sp³-hybridized carbons (Fsp3) is 1.00. The molecule has 2 saturated heterocycles. The number of hydrogen-bond acceptors (Lipinski definition) is 5. The van der Waals surface area contributed by atoms with Crippen LogP contribution < -0.4 is 0 Å². The summed E-state index contributed by atoms with van der Waals surface area (Å²) in [6, 6.07) is 0. The molecular formula is C18H34O5. The molecule has 0 bridgehead atoms. The van der Waals surface area contributed by atoms with E-state index in [4.69, 9.17) is 23.7 Å². The molecule has 2 fully saturated rings. The molecule has 2 aliphatic heterocycles. The molecule has 2 aliphatic rings. The van der Waals surface area contributed by atoms with E-state index in [2.05, 4.69) is 0 Å². The summed E-state index contributed by atoms with van der Waals surface area (Å²) in [6.07, 6.45) is 3.10. The Morgan fingerprint density at radius 1 is 0.696 bits per heavy atom. The van der Waals surface area contributed by atoms with Crippen LogP contribution in [0.15, 0.2) is 0 Å². The molecule has 23 heavy (non-hydrogen) atoms. The zero-order chi connectivity index (χ0) is 17.1. The quantitative estimate of drug-likeness (QED) is 0.787. The Balaban J connectivity index is 1.98. The van der Waals surface area contributed by atoms with Crippen molar-refractivity contribution in [1.82, 2.24) is 0 Å². The van der Waals surface area contributed by atoms with Gasteiger partial charge in [-0.05, 0) is 67.2 Å². The third-order valence-corrected chi connectivity index (χ3v) is 3.73. The predicted octanol–water partition coefficient (Wildman–Crippen LogP) is 3.64. The van der Waals surface area contributed by atoms with Gasteiger partial charge < -0.3 is 23.7 Å². The van der Waals surface area contributed by atoms with E-state index in [-0.39, 0.29) is 36.0 Å². The molecule has 0 aromatic rings. The summed E-state index contributed by atoms with van der Waals surface area (Å²) in [5, 5.41) is 0. The maximum atomic E-state index is 6.35. The fourth-order valence-electron chi connectivity index (χ4n) is 2.86. The first-order chi connectivity index (χ1) is 10.6. The van der Waals surface area contributed by atoms with Crippen LogP contribution in [0.4, 0.5) is 0 Å². The minimum Gasteiger partial charge on any atom is -0.364 e. The second kappa shape index (κ2) is 7.79. The monoisotopic (exact) mass is 330 g/mol. The summed E-state index contributed by atoms with van der Waals surface area (Å²) in [5.74, 6) is 0. The molecule has 0 aromatic carbocycles. The van der Waals surface area contributed by atoms with E-state index in [9.17, 15) is 0 Å². The normalized spacial score (nSPS) is 33.7.